The Hall–Kier alpha value is -2.55. The van der Waals surface area contributed by atoms with Crippen LogP contribution in [-0.4, -0.2) is 41.6 Å². The lowest BCUT2D eigenvalue weighted by atomic mass is 10.2. The lowest BCUT2D eigenvalue weighted by Crippen LogP contribution is -2.40. The van der Waals surface area contributed by atoms with Crippen molar-refractivity contribution in [1.29, 1.82) is 5.26 Å². The maximum Gasteiger partial charge on any atom is 0.323 e. The van der Waals surface area contributed by atoms with Gasteiger partial charge in [0.25, 0.3) is 5.91 Å². The van der Waals surface area contributed by atoms with Gasteiger partial charge in [0.1, 0.15) is 12.3 Å². The Balaban J connectivity index is 2.63. The SMILES string of the molecule is CC(Oc1ccc(C#N)cc1)C(=O)N(C)CC(=O)O. The fourth-order valence-electron chi connectivity index (χ4n) is 1.45. The van der Waals surface area contributed by atoms with Crippen molar-refractivity contribution in [3.8, 4) is 11.8 Å². The van der Waals surface area contributed by atoms with Crippen molar-refractivity contribution in [3.63, 3.8) is 0 Å². The molecule has 0 saturated carbocycles. The van der Waals surface area contributed by atoms with E-state index in [4.69, 9.17) is 15.1 Å². The van der Waals surface area contributed by atoms with Gasteiger partial charge in [-0.25, -0.2) is 0 Å². The quantitative estimate of drug-likeness (QED) is 0.850. The number of hydrogen-bond donors (Lipinski definition) is 1. The first-order valence-corrected chi connectivity index (χ1v) is 5.57. The lowest BCUT2D eigenvalue weighted by Gasteiger charge is -2.20. The van der Waals surface area contributed by atoms with E-state index in [2.05, 4.69) is 0 Å². The molecule has 1 N–H and O–H groups in total. The Morgan fingerprint density at radius 1 is 1.42 bits per heavy atom. The molecular formula is C13H14N2O4. The van der Waals surface area contributed by atoms with Gasteiger partial charge in [0, 0.05) is 7.05 Å². The highest BCUT2D eigenvalue weighted by Gasteiger charge is 2.20. The molecule has 1 atom stereocenters. The fraction of sp³-hybridized carbons (Fsp3) is 0.308. The van der Waals surface area contributed by atoms with Gasteiger partial charge < -0.3 is 14.7 Å². The third-order valence-electron chi connectivity index (χ3n) is 2.39. The number of carboxylic acid groups (broad SMARTS) is 1. The summed E-state index contributed by atoms with van der Waals surface area (Å²) in [6.45, 7) is 1.17. The maximum absolute atomic E-state index is 11.8. The number of carbonyl (C=O) groups excluding carboxylic acids is 1. The van der Waals surface area contributed by atoms with Gasteiger partial charge in [0.15, 0.2) is 6.10 Å². The number of nitriles is 1. The molecule has 6 nitrogen and oxygen atoms in total. The molecule has 1 aromatic rings. The highest BCUT2D eigenvalue weighted by molar-refractivity contribution is 5.84. The number of amides is 1. The minimum Gasteiger partial charge on any atom is -0.481 e. The third-order valence-corrected chi connectivity index (χ3v) is 2.39. The third kappa shape index (κ3) is 4.32. The van der Waals surface area contributed by atoms with Crippen LogP contribution in [0.1, 0.15) is 12.5 Å². The second-order valence-electron chi connectivity index (χ2n) is 3.98. The highest BCUT2D eigenvalue weighted by atomic mass is 16.5. The van der Waals surface area contributed by atoms with Crippen LogP contribution in [0.4, 0.5) is 0 Å². The zero-order valence-electron chi connectivity index (χ0n) is 10.7. The van der Waals surface area contributed by atoms with Crippen molar-refractivity contribution in [2.75, 3.05) is 13.6 Å². The molecule has 100 valence electrons. The Morgan fingerprint density at radius 3 is 2.47 bits per heavy atom. The van der Waals surface area contributed by atoms with E-state index in [-0.39, 0.29) is 6.54 Å². The van der Waals surface area contributed by atoms with Crippen LogP contribution in [0.25, 0.3) is 0 Å². The Labute approximate surface area is 110 Å². The Morgan fingerprint density at radius 2 is 2.00 bits per heavy atom. The molecule has 0 aliphatic rings. The smallest absolute Gasteiger partial charge is 0.323 e. The molecule has 0 aliphatic heterocycles. The summed E-state index contributed by atoms with van der Waals surface area (Å²) in [4.78, 5) is 23.4. The number of ether oxygens (including phenoxy) is 1. The van der Waals surface area contributed by atoms with Crippen molar-refractivity contribution >= 4 is 11.9 Å². The number of hydrogen-bond acceptors (Lipinski definition) is 4. The number of rotatable bonds is 5. The van der Waals surface area contributed by atoms with Crippen molar-refractivity contribution in [1.82, 2.24) is 4.90 Å². The molecule has 1 rings (SSSR count). The molecule has 0 heterocycles. The van der Waals surface area contributed by atoms with E-state index in [1.54, 1.807) is 31.2 Å². The molecule has 0 spiro atoms. The van der Waals surface area contributed by atoms with E-state index in [1.165, 1.54) is 7.05 Å². The van der Waals surface area contributed by atoms with Crippen LogP contribution in [0.15, 0.2) is 24.3 Å². The highest BCUT2D eigenvalue weighted by Crippen LogP contribution is 2.14. The standard InChI is InChI=1S/C13H14N2O4/c1-9(13(18)15(2)8-12(16)17)19-11-5-3-10(7-14)4-6-11/h3-6,9H,8H2,1-2H3,(H,16,17). The van der Waals surface area contributed by atoms with Crippen molar-refractivity contribution in [2.45, 2.75) is 13.0 Å². The summed E-state index contributed by atoms with van der Waals surface area (Å²) in [5.74, 6) is -1.06. The van der Waals surface area contributed by atoms with Gasteiger partial charge in [0.05, 0.1) is 11.6 Å². The minimum atomic E-state index is -1.08. The van der Waals surface area contributed by atoms with Crippen molar-refractivity contribution < 1.29 is 19.4 Å². The molecule has 1 amide bonds. The summed E-state index contributed by atoms with van der Waals surface area (Å²) in [6.07, 6.45) is -0.794. The summed E-state index contributed by atoms with van der Waals surface area (Å²) < 4.78 is 5.38. The summed E-state index contributed by atoms with van der Waals surface area (Å²) in [5, 5.41) is 17.2. The molecule has 0 fully saturated rings. The average Bonchev–Trinajstić information content (AvgIpc) is 2.37. The van der Waals surface area contributed by atoms with Crippen LogP contribution in [0.3, 0.4) is 0 Å². The van der Waals surface area contributed by atoms with Crippen LogP contribution in [0, 0.1) is 11.3 Å². The number of aliphatic carboxylic acids is 1. The second kappa shape index (κ2) is 6.40. The molecule has 0 bridgehead atoms. The summed E-state index contributed by atoms with van der Waals surface area (Å²) in [6, 6.07) is 8.29. The zero-order valence-corrected chi connectivity index (χ0v) is 10.7. The molecule has 0 aromatic heterocycles. The van der Waals surface area contributed by atoms with Gasteiger partial charge in [-0.1, -0.05) is 0 Å². The topological polar surface area (TPSA) is 90.6 Å². The van der Waals surface area contributed by atoms with Crippen LogP contribution in [0.5, 0.6) is 5.75 Å². The first-order chi connectivity index (χ1) is 8.93. The normalized spacial score (nSPS) is 11.2. The molecule has 6 heteroatoms. The number of likely N-dealkylation sites (N-methyl/N-ethyl adjacent to an activating group) is 1. The number of carbonyl (C=O) groups is 2. The molecular weight excluding hydrogens is 248 g/mol. The van der Waals surface area contributed by atoms with Gasteiger partial charge in [-0.2, -0.15) is 5.26 Å². The van der Waals surface area contributed by atoms with Crippen LogP contribution >= 0.6 is 0 Å². The monoisotopic (exact) mass is 262 g/mol. The van der Waals surface area contributed by atoms with E-state index in [9.17, 15) is 9.59 Å². The number of benzene rings is 1. The van der Waals surface area contributed by atoms with Crippen LogP contribution in [-0.2, 0) is 9.59 Å². The Kier molecular flexibility index (Phi) is 4.89. The molecule has 0 saturated heterocycles. The lowest BCUT2D eigenvalue weighted by molar-refractivity contribution is -0.146. The molecule has 1 unspecified atom stereocenters. The van der Waals surface area contributed by atoms with Gasteiger partial charge in [-0.05, 0) is 31.2 Å². The minimum absolute atomic E-state index is 0.375. The molecule has 1 aromatic carbocycles. The van der Waals surface area contributed by atoms with Crippen LogP contribution in [0.2, 0.25) is 0 Å². The van der Waals surface area contributed by atoms with Gasteiger partial charge in [-0.3, -0.25) is 9.59 Å². The van der Waals surface area contributed by atoms with Crippen molar-refractivity contribution in [3.05, 3.63) is 29.8 Å². The van der Waals surface area contributed by atoms with Gasteiger partial charge >= 0.3 is 5.97 Å². The molecule has 0 aliphatic carbocycles. The zero-order chi connectivity index (χ0) is 14.4. The predicted octanol–water partition coefficient (Wildman–Crippen LogP) is 0.869. The average molecular weight is 262 g/mol. The molecule has 19 heavy (non-hydrogen) atoms. The summed E-state index contributed by atoms with van der Waals surface area (Å²) >= 11 is 0. The first-order valence-electron chi connectivity index (χ1n) is 5.57. The Bertz CT molecular complexity index is 504. The van der Waals surface area contributed by atoms with Gasteiger partial charge in [0.2, 0.25) is 0 Å². The van der Waals surface area contributed by atoms with E-state index in [1.807, 2.05) is 6.07 Å². The number of carboxylic acids is 1. The van der Waals surface area contributed by atoms with Crippen LogP contribution < -0.4 is 4.74 Å². The number of nitrogens with zero attached hydrogens (tertiary/aromatic N) is 2. The maximum atomic E-state index is 11.8. The largest absolute Gasteiger partial charge is 0.481 e. The van der Waals surface area contributed by atoms with E-state index in [0.717, 1.165) is 4.90 Å². The fourth-order valence-corrected chi connectivity index (χ4v) is 1.45. The first kappa shape index (κ1) is 14.5. The summed E-state index contributed by atoms with van der Waals surface area (Å²) in [7, 11) is 1.40. The summed E-state index contributed by atoms with van der Waals surface area (Å²) in [5.41, 5.74) is 0.495. The van der Waals surface area contributed by atoms with E-state index >= 15 is 0 Å². The van der Waals surface area contributed by atoms with Gasteiger partial charge in [-0.15, -0.1) is 0 Å². The second-order valence-corrected chi connectivity index (χ2v) is 3.98. The predicted molar refractivity (Wildman–Crippen MR) is 66.5 cm³/mol. The van der Waals surface area contributed by atoms with E-state index in [0.29, 0.717) is 11.3 Å². The molecule has 0 radical (unpaired) electrons. The van der Waals surface area contributed by atoms with E-state index < -0.39 is 18.0 Å². The van der Waals surface area contributed by atoms with Crippen molar-refractivity contribution in [2.24, 2.45) is 0 Å².